The molecule has 14 heavy (non-hydrogen) atoms. The van der Waals surface area contributed by atoms with E-state index in [0.29, 0.717) is 5.69 Å². The van der Waals surface area contributed by atoms with Crippen molar-refractivity contribution in [2.45, 2.75) is 6.92 Å². The Bertz CT molecular complexity index is 513. The Kier molecular flexibility index (Phi) is 2.13. The van der Waals surface area contributed by atoms with Crippen LogP contribution in [0.1, 0.15) is 5.56 Å². The van der Waals surface area contributed by atoms with Gasteiger partial charge in [0.2, 0.25) is 0 Å². The van der Waals surface area contributed by atoms with E-state index >= 15 is 0 Å². The second-order valence-electron chi connectivity index (χ2n) is 3.07. The molecule has 2 rings (SSSR count). The molecule has 0 saturated heterocycles. The Morgan fingerprint density at radius 1 is 1.36 bits per heavy atom. The average Bonchev–Trinajstić information content (AvgIpc) is 2.49. The van der Waals surface area contributed by atoms with Crippen LogP contribution in [0.5, 0.6) is 0 Å². The zero-order valence-electron chi connectivity index (χ0n) is 7.70. The number of nitrogens with two attached hydrogens (primary N) is 1. The van der Waals surface area contributed by atoms with Gasteiger partial charge in [0.1, 0.15) is 0 Å². The third-order valence-electron chi connectivity index (χ3n) is 2.13. The van der Waals surface area contributed by atoms with Crippen molar-refractivity contribution in [3.8, 4) is 10.4 Å². The monoisotopic (exact) mass is 206 g/mol. The molecule has 0 spiro atoms. The molecule has 0 atom stereocenters. The first-order chi connectivity index (χ1) is 6.70. The third kappa shape index (κ3) is 1.33. The average molecular weight is 206 g/mol. The van der Waals surface area contributed by atoms with Crippen molar-refractivity contribution in [3.63, 3.8) is 0 Å². The normalized spacial score (nSPS) is 10.4. The molecule has 0 aliphatic rings. The van der Waals surface area contributed by atoms with E-state index in [2.05, 4.69) is 4.37 Å². The van der Waals surface area contributed by atoms with Gasteiger partial charge in [-0.3, -0.25) is 9.17 Å². The van der Waals surface area contributed by atoms with Crippen LogP contribution in [0.15, 0.2) is 29.1 Å². The fraction of sp³-hybridized carbons (Fsp3) is 0.100. The van der Waals surface area contributed by atoms with Crippen LogP contribution in [0.4, 0.5) is 5.69 Å². The second kappa shape index (κ2) is 3.31. The summed E-state index contributed by atoms with van der Waals surface area (Å²) in [5.74, 6) is 0. The Morgan fingerprint density at radius 3 is 2.64 bits per heavy atom. The largest absolute Gasteiger partial charge is 0.398 e. The van der Waals surface area contributed by atoms with Crippen molar-refractivity contribution in [2.75, 3.05) is 5.73 Å². The van der Waals surface area contributed by atoms with E-state index in [9.17, 15) is 4.79 Å². The molecule has 3 N–H and O–H groups in total. The molecule has 0 radical (unpaired) electrons. The molecule has 0 amide bonds. The molecule has 0 bridgehead atoms. The number of hydrogen-bond donors (Lipinski definition) is 2. The molecular formula is C10H10N2OS. The molecule has 4 heteroatoms. The number of rotatable bonds is 1. The minimum Gasteiger partial charge on any atom is -0.398 e. The van der Waals surface area contributed by atoms with Crippen molar-refractivity contribution in [2.24, 2.45) is 0 Å². The summed E-state index contributed by atoms with van der Waals surface area (Å²) < 4.78 is 2.69. The predicted octanol–water partition coefficient (Wildman–Crippen LogP) is 1.99. The quantitative estimate of drug-likeness (QED) is 0.701. The van der Waals surface area contributed by atoms with E-state index < -0.39 is 0 Å². The first-order valence-corrected chi connectivity index (χ1v) is 5.04. The molecule has 0 fully saturated rings. The summed E-state index contributed by atoms with van der Waals surface area (Å²) in [4.78, 5) is 12.2. The molecule has 1 aromatic heterocycles. The Balaban J connectivity index is 2.66. The standard InChI is InChI=1S/C10H10N2OS/c1-6-9(14-12-10(6)13)7-4-2-3-5-8(7)11/h2-5H,11H2,1H3,(H,12,13). The summed E-state index contributed by atoms with van der Waals surface area (Å²) in [6.45, 7) is 1.80. The van der Waals surface area contributed by atoms with Gasteiger partial charge in [0, 0.05) is 16.8 Å². The first kappa shape index (κ1) is 9.02. The highest BCUT2D eigenvalue weighted by molar-refractivity contribution is 7.09. The second-order valence-corrected chi connectivity index (χ2v) is 3.89. The van der Waals surface area contributed by atoms with Gasteiger partial charge in [-0.2, -0.15) is 0 Å². The van der Waals surface area contributed by atoms with Gasteiger partial charge < -0.3 is 5.73 Å². The molecule has 72 valence electrons. The number of para-hydroxylation sites is 1. The maximum atomic E-state index is 11.2. The molecule has 0 saturated carbocycles. The molecule has 3 nitrogen and oxygen atoms in total. The number of H-pyrrole nitrogens is 1. The van der Waals surface area contributed by atoms with Gasteiger partial charge in [0.05, 0.1) is 4.88 Å². The highest BCUT2D eigenvalue weighted by atomic mass is 32.1. The van der Waals surface area contributed by atoms with Crippen LogP contribution in [0.2, 0.25) is 0 Å². The van der Waals surface area contributed by atoms with E-state index in [1.165, 1.54) is 11.5 Å². The molecule has 1 heterocycles. The summed E-state index contributed by atoms with van der Waals surface area (Å²) in [6.07, 6.45) is 0. The number of aromatic amines is 1. The molecule has 1 aromatic carbocycles. The van der Waals surface area contributed by atoms with Crippen molar-refractivity contribution < 1.29 is 0 Å². The van der Waals surface area contributed by atoms with E-state index in [4.69, 9.17) is 5.73 Å². The zero-order chi connectivity index (χ0) is 10.1. The van der Waals surface area contributed by atoms with Gasteiger partial charge in [-0.15, -0.1) is 0 Å². The molecule has 0 unspecified atom stereocenters. The minimum atomic E-state index is -0.0340. The number of hydrogen-bond acceptors (Lipinski definition) is 3. The minimum absolute atomic E-state index is 0.0340. The van der Waals surface area contributed by atoms with Crippen LogP contribution in [-0.2, 0) is 0 Å². The lowest BCUT2D eigenvalue weighted by Crippen LogP contribution is -2.00. The van der Waals surface area contributed by atoms with Crippen LogP contribution in [-0.4, -0.2) is 4.37 Å². The van der Waals surface area contributed by atoms with E-state index in [-0.39, 0.29) is 5.56 Å². The highest BCUT2D eigenvalue weighted by Gasteiger charge is 2.09. The van der Waals surface area contributed by atoms with Gasteiger partial charge in [0.15, 0.2) is 0 Å². The number of benzene rings is 1. The summed E-state index contributed by atoms with van der Waals surface area (Å²) in [5, 5.41) is 0. The first-order valence-electron chi connectivity index (χ1n) is 4.23. The van der Waals surface area contributed by atoms with Crippen LogP contribution in [0.25, 0.3) is 10.4 Å². The predicted molar refractivity (Wildman–Crippen MR) is 59.5 cm³/mol. The van der Waals surface area contributed by atoms with Gasteiger partial charge >= 0.3 is 0 Å². The van der Waals surface area contributed by atoms with E-state index in [0.717, 1.165) is 16.0 Å². The lowest BCUT2D eigenvalue weighted by atomic mass is 10.1. The van der Waals surface area contributed by atoms with E-state index in [1.54, 1.807) is 6.92 Å². The molecule has 0 aliphatic heterocycles. The molecule has 2 aromatic rings. The Labute approximate surface area is 85.4 Å². The van der Waals surface area contributed by atoms with Gasteiger partial charge in [-0.25, -0.2) is 0 Å². The lowest BCUT2D eigenvalue weighted by molar-refractivity contribution is 1.34. The zero-order valence-corrected chi connectivity index (χ0v) is 8.52. The Hall–Kier alpha value is -1.55. The van der Waals surface area contributed by atoms with Gasteiger partial charge in [0.25, 0.3) is 5.56 Å². The topological polar surface area (TPSA) is 58.9 Å². The lowest BCUT2D eigenvalue weighted by Gasteiger charge is -2.01. The molecular weight excluding hydrogens is 196 g/mol. The fourth-order valence-electron chi connectivity index (χ4n) is 1.31. The number of aromatic nitrogens is 1. The summed E-state index contributed by atoms with van der Waals surface area (Å²) >= 11 is 1.33. The summed E-state index contributed by atoms with van der Waals surface area (Å²) in [7, 11) is 0. The van der Waals surface area contributed by atoms with Crippen LogP contribution in [0, 0.1) is 6.92 Å². The number of nitrogens with one attached hydrogen (secondary N) is 1. The van der Waals surface area contributed by atoms with Crippen molar-refractivity contribution >= 4 is 17.2 Å². The number of anilines is 1. The summed E-state index contributed by atoms with van der Waals surface area (Å²) in [6, 6.07) is 7.54. The maximum Gasteiger partial charge on any atom is 0.261 e. The maximum absolute atomic E-state index is 11.2. The number of nitrogen functional groups attached to an aromatic ring is 1. The SMILES string of the molecule is Cc1c(-c2ccccc2N)s[nH]c1=O. The molecule has 0 aliphatic carbocycles. The summed E-state index contributed by atoms with van der Waals surface area (Å²) in [5.41, 5.74) is 8.14. The highest BCUT2D eigenvalue weighted by Crippen LogP contribution is 2.29. The fourth-order valence-corrected chi connectivity index (χ4v) is 2.20. The Morgan fingerprint density at radius 2 is 2.07 bits per heavy atom. The van der Waals surface area contributed by atoms with E-state index in [1.807, 2.05) is 24.3 Å². The van der Waals surface area contributed by atoms with Crippen molar-refractivity contribution in [1.29, 1.82) is 0 Å². The van der Waals surface area contributed by atoms with Crippen LogP contribution in [0.3, 0.4) is 0 Å². The van der Waals surface area contributed by atoms with Crippen molar-refractivity contribution in [1.82, 2.24) is 4.37 Å². The smallest absolute Gasteiger partial charge is 0.261 e. The van der Waals surface area contributed by atoms with Crippen molar-refractivity contribution in [3.05, 3.63) is 40.2 Å². The third-order valence-corrected chi connectivity index (χ3v) is 3.15. The van der Waals surface area contributed by atoms with Gasteiger partial charge in [-0.05, 0) is 13.0 Å². The van der Waals surface area contributed by atoms with Crippen LogP contribution < -0.4 is 11.3 Å². The van der Waals surface area contributed by atoms with Gasteiger partial charge in [-0.1, -0.05) is 29.7 Å². The van der Waals surface area contributed by atoms with Crippen LogP contribution >= 0.6 is 11.5 Å².